The molecule has 0 radical (unpaired) electrons. The number of piperidine rings is 1. The maximum Gasteiger partial charge on any atom is 0.232 e. The zero-order valence-electron chi connectivity index (χ0n) is 13.3. The third-order valence-corrected chi connectivity index (χ3v) is 6.02. The van der Waals surface area contributed by atoms with Gasteiger partial charge < -0.3 is 14.4 Å². The molecule has 0 bridgehead atoms. The summed E-state index contributed by atoms with van der Waals surface area (Å²) in [6, 6.07) is 4.36. The van der Waals surface area contributed by atoms with Crippen LogP contribution in [0, 0.1) is 0 Å². The molecule has 0 saturated carbocycles. The predicted octanol–water partition coefficient (Wildman–Crippen LogP) is 3.85. The molecule has 2 aliphatic rings. The number of hydrogen-bond donors (Lipinski definition) is 0. The van der Waals surface area contributed by atoms with E-state index in [0.717, 1.165) is 46.7 Å². The lowest BCUT2D eigenvalue weighted by atomic mass is 10.0. The Morgan fingerprint density at radius 3 is 2.78 bits per heavy atom. The fraction of sp³-hybridized carbons (Fsp3) is 0.588. The van der Waals surface area contributed by atoms with Gasteiger partial charge in [-0.25, -0.2) is 0 Å². The molecule has 4 nitrogen and oxygen atoms in total. The minimum absolute atomic E-state index is 0.260. The average molecular weight is 400 g/mol. The summed E-state index contributed by atoms with van der Waals surface area (Å²) in [4.78, 5) is 14.4. The van der Waals surface area contributed by atoms with Crippen LogP contribution in [0.5, 0.6) is 11.5 Å². The van der Waals surface area contributed by atoms with Crippen LogP contribution in [0.15, 0.2) is 16.6 Å². The highest BCUT2D eigenvalue weighted by Gasteiger charge is 2.23. The quantitative estimate of drug-likeness (QED) is 0.770. The van der Waals surface area contributed by atoms with Crippen LogP contribution >= 0.6 is 27.7 Å². The molecule has 1 aromatic carbocycles. The first-order chi connectivity index (χ1) is 11.1. The Bertz CT molecular complexity index is 581. The van der Waals surface area contributed by atoms with Gasteiger partial charge >= 0.3 is 0 Å². The molecule has 1 aromatic rings. The number of benzene rings is 1. The van der Waals surface area contributed by atoms with Crippen LogP contribution in [0.1, 0.15) is 31.7 Å². The number of rotatable bonds is 4. The fourth-order valence-corrected chi connectivity index (χ4v) is 4.57. The summed E-state index contributed by atoms with van der Waals surface area (Å²) in [6.07, 6.45) is 3.50. The van der Waals surface area contributed by atoms with Gasteiger partial charge in [0.05, 0.1) is 5.75 Å². The van der Waals surface area contributed by atoms with E-state index in [0.29, 0.717) is 25.0 Å². The lowest BCUT2D eigenvalue weighted by Crippen LogP contribution is -2.42. The first kappa shape index (κ1) is 17.0. The highest BCUT2D eigenvalue weighted by atomic mass is 79.9. The summed E-state index contributed by atoms with van der Waals surface area (Å²) in [7, 11) is 0. The summed E-state index contributed by atoms with van der Waals surface area (Å²) in [6.45, 7) is 4.25. The van der Waals surface area contributed by atoms with E-state index in [1.165, 1.54) is 6.42 Å². The standard InChI is InChI=1S/C17H22BrNO3S/c1-12-4-2-3-5-19(12)17(20)11-23-10-13-8-15-16(9-14(13)18)22-7-6-21-15/h8-9,12H,2-7,10-11H2,1H3. The fourth-order valence-electron chi connectivity index (χ4n) is 3.02. The Labute approximate surface area is 150 Å². The topological polar surface area (TPSA) is 38.8 Å². The maximum atomic E-state index is 12.4. The van der Waals surface area contributed by atoms with Crippen molar-refractivity contribution in [2.24, 2.45) is 0 Å². The zero-order chi connectivity index (χ0) is 16.2. The number of carbonyl (C=O) groups excluding carboxylic acids is 1. The van der Waals surface area contributed by atoms with E-state index in [-0.39, 0.29) is 5.91 Å². The molecule has 1 atom stereocenters. The number of hydrogen-bond acceptors (Lipinski definition) is 4. The molecular formula is C17H22BrNO3S. The van der Waals surface area contributed by atoms with Crippen molar-refractivity contribution < 1.29 is 14.3 Å². The first-order valence-electron chi connectivity index (χ1n) is 8.10. The molecule has 6 heteroatoms. The SMILES string of the molecule is CC1CCCCN1C(=O)CSCc1cc2c(cc1Br)OCCO2. The van der Waals surface area contributed by atoms with Gasteiger partial charge in [-0.05, 0) is 43.9 Å². The van der Waals surface area contributed by atoms with E-state index in [9.17, 15) is 4.79 Å². The molecule has 0 aliphatic carbocycles. The highest BCUT2D eigenvalue weighted by Crippen LogP contribution is 2.36. The van der Waals surface area contributed by atoms with Crippen molar-refractivity contribution in [3.8, 4) is 11.5 Å². The van der Waals surface area contributed by atoms with Crippen molar-refractivity contribution >= 4 is 33.6 Å². The van der Waals surface area contributed by atoms with Crippen molar-refractivity contribution in [1.82, 2.24) is 4.90 Å². The minimum Gasteiger partial charge on any atom is -0.486 e. The molecule has 126 valence electrons. The van der Waals surface area contributed by atoms with E-state index >= 15 is 0 Å². The molecule has 23 heavy (non-hydrogen) atoms. The van der Waals surface area contributed by atoms with Crippen LogP contribution in [0.25, 0.3) is 0 Å². The molecule has 0 aromatic heterocycles. The van der Waals surface area contributed by atoms with Gasteiger partial charge in [-0.15, -0.1) is 11.8 Å². The monoisotopic (exact) mass is 399 g/mol. The number of thioether (sulfide) groups is 1. The van der Waals surface area contributed by atoms with Crippen LogP contribution in [-0.2, 0) is 10.5 Å². The number of fused-ring (bicyclic) bond motifs is 1. The molecule has 1 fully saturated rings. The van der Waals surface area contributed by atoms with Gasteiger partial charge in [0.1, 0.15) is 13.2 Å². The largest absolute Gasteiger partial charge is 0.486 e. The van der Waals surface area contributed by atoms with Crippen molar-refractivity contribution in [2.45, 2.75) is 38.0 Å². The number of ether oxygens (including phenoxy) is 2. The van der Waals surface area contributed by atoms with Gasteiger partial charge in [0.2, 0.25) is 5.91 Å². The van der Waals surface area contributed by atoms with E-state index in [4.69, 9.17) is 9.47 Å². The molecule has 0 N–H and O–H groups in total. The van der Waals surface area contributed by atoms with Gasteiger partial charge in [-0.1, -0.05) is 15.9 Å². The number of carbonyl (C=O) groups is 1. The van der Waals surface area contributed by atoms with Crippen LogP contribution in [0.3, 0.4) is 0 Å². The number of halogens is 1. The van der Waals surface area contributed by atoms with Gasteiger partial charge in [0.15, 0.2) is 11.5 Å². The smallest absolute Gasteiger partial charge is 0.232 e. The molecular weight excluding hydrogens is 378 g/mol. The molecule has 1 saturated heterocycles. The number of likely N-dealkylation sites (tertiary alicyclic amines) is 1. The third kappa shape index (κ3) is 4.15. The van der Waals surface area contributed by atoms with E-state index in [1.54, 1.807) is 11.8 Å². The molecule has 0 spiro atoms. The summed E-state index contributed by atoms with van der Waals surface area (Å²) in [5.74, 6) is 3.16. The van der Waals surface area contributed by atoms with Gasteiger partial charge in [-0.2, -0.15) is 0 Å². The highest BCUT2D eigenvalue weighted by molar-refractivity contribution is 9.10. The van der Waals surface area contributed by atoms with Crippen LogP contribution in [0.2, 0.25) is 0 Å². The number of nitrogens with zero attached hydrogens (tertiary/aromatic N) is 1. The summed E-state index contributed by atoms with van der Waals surface area (Å²) < 4.78 is 12.2. The van der Waals surface area contributed by atoms with E-state index < -0.39 is 0 Å². The van der Waals surface area contributed by atoms with E-state index in [1.807, 2.05) is 17.0 Å². The Kier molecular flexibility index (Phi) is 5.75. The molecule has 1 amide bonds. The van der Waals surface area contributed by atoms with Gasteiger partial charge in [0, 0.05) is 22.8 Å². The lowest BCUT2D eigenvalue weighted by Gasteiger charge is -2.33. The predicted molar refractivity (Wildman–Crippen MR) is 96.3 cm³/mol. The molecule has 2 aliphatic heterocycles. The van der Waals surface area contributed by atoms with Gasteiger partial charge in [-0.3, -0.25) is 4.79 Å². The molecule has 2 heterocycles. The van der Waals surface area contributed by atoms with Gasteiger partial charge in [0.25, 0.3) is 0 Å². The second-order valence-corrected chi connectivity index (χ2v) is 7.85. The summed E-state index contributed by atoms with van der Waals surface area (Å²) >= 11 is 5.24. The van der Waals surface area contributed by atoms with Crippen LogP contribution < -0.4 is 9.47 Å². The average Bonchev–Trinajstić information content (AvgIpc) is 2.55. The Morgan fingerprint density at radius 1 is 1.30 bits per heavy atom. The third-order valence-electron chi connectivity index (χ3n) is 4.32. The minimum atomic E-state index is 0.260. The van der Waals surface area contributed by atoms with E-state index in [2.05, 4.69) is 22.9 Å². The van der Waals surface area contributed by atoms with Crippen LogP contribution in [0.4, 0.5) is 0 Å². The maximum absolute atomic E-state index is 12.4. The van der Waals surface area contributed by atoms with Crippen molar-refractivity contribution in [2.75, 3.05) is 25.5 Å². The summed E-state index contributed by atoms with van der Waals surface area (Å²) in [5.41, 5.74) is 1.14. The first-order valence-corrected chi connectivity index (χ1v) is 10.0. The zero-order valence-corrected chi connectivity index (χ0v) is 15.7. The summed E-state index contributed by atoms with van der Waals surface area (Å²) in [5, 5.41) is 0. The van der Waals surface area contributed by atoms with Crippen molar-refractivity contribution in [3.05, 3.63) is 22.2 Å². The Balaban J connectivity index is 1.55. The Hall–Kier alpha value is -0.880. The second kappa shape index (κ2) is 7.79. The number of amides is 1. The molecule has 1 unspecified atom stereocenters. The van der Waals surface area contributed by atoms with Crippen molar-refractivity contribution in [3.63, 3.8) is 0 Å². The van der Waals surface area contributed by atoms with Crippen molar-refractivity contribution in [1.29, 1.82) is 0 Å². The normalized spacial score (nSPS) is 20.4. The second-order valence-electron chi connectivity index (χ2n) is 6.01. The Morgan fingerprint density at radius 2 is 2.04 bits per heavy atom. The van der Waals surface area contributed by atoms with Crippen LogP contribution in [-0.4, -0.2) is 42.4 Å². The lowest BCUT2D eigenvalue weighted by molar-refractivity contribution is -0.131. The molecule has 3 rings (SSSR count).